The van der Waals surface area contributed by atoms with E-state index in [2.05, 4.69) is 15.4 Å². The van der Waals surface area contributed by atoms with Gasteiger partial charge < -0.3 is 10.2 Å². The number of rotatable bonds is 4. The summed E-state index contributed by atoms with van der Waals surface area (Å²) in [6.45, 7) is 2.39. The van der Waals surface area contributed by atoms with E-state index in [1.807, 2.05) is 6.92 Å². The minimum Gasteiger partial charge on any atom is -0.370 e. The van der Waals surface area contributed by atoms with Crippen molar-refractivity contribution in [1.82, 2.24) is 9.97 Å². The van der Waals surface area contributed by atoms with Gasteiger partial charge in [0.1, 0.15) is 12.4 Å². The molecule has 0 bridgehead atoms. The Morgan fingerprint density at radius 2 is 2.19 bits per heavy atom. The highest BCUT2D eigenvalue weighted by atomic mass is 16.5. The van der Waals surface area contributed by atoms with Gasteiger partial charge in [0.05, 0.1) is 6.10 Å². The van der Waals surface area contributed by atoms with Crippen LogP contribution in [0.5, 0.6) is 0 Å². The molecule has 3 N–H and O–H groups in total. The van der Waals surface area contributed by atoms with Crippen molar-refractivity contribution < 1.29 is 4.74 Å². The molecule has 1 aromatic rings. The number of nitrogen functional groups attached to an aromatic ring is 1. The molecule has 1 aromatic heterocycles. The van der Waals surface area contributed by atoms with Gasteiger partial charge in [0.25, 0.3) is 0 Å². The second kappa shape index (κ2) is 5.23. The van der Waals surface area contributed by atoms with Crippen LogP contribution in [-0.4, -0.2) is 16.1 Å². The monoisotopic (exact) mass is 222 g/mol. The molecule has 1 fully saturated rings. The van der Waals surface area contributed by atoms with Crippen LogP contribution in [0, 0.1) is 6.92 Å². The van der Waals surface area contributed by atoms with E-state index in [9.17, 15) is 0 Å². The van der Waals surface area contributed by atoms with Gasteiger partial charge in [0.2, 0.25) is 0 Å². The molecule has 0 aliphatic heterocycles. The summed E-state index contributed by atoms with van der Waals surface area (Å²) >= 11 is 0. The van der Waals surface area contributed by atoms with E-state index >= 15 is 0 Å². The predicted molar refractivity (Wildman–Crippen MR) is 61.6 cm³/mol. The van der Waals surface area contributed by atoms with Crippen molar-refractivity contribution in [2.24, 2.45) is 5.84 Å². The van der Waals surface area contributed by atoms with Crippen molar-refractivity contribution in [2.75, 3.05) is 5.43 Å². The first-order chi connectivity index (χ1) is 7.78. The molecular weight excluding hydrogens is 204 g/mol. The van der Waals surface area contributed by atoms with Crippen molar-refractivity contribution in [1.29, 1.82) is 0 Å². The third-order valence-electron chi connectivity index (χ3n) is 2.80. The lowest BCUT2D eigenvalue weighted by atomic mass is 10.3. The molecule has 1 saturated carbocycles. The molecule has 0 amide bonds. The molecule has 1 aliphatic carbocycles. The van der Waals surface area contributed by atoms with Gasteiger partial charge in [-0.05, 0) is 19.8 Å². The highest BCUT2D eigenvalue weighted by molar-refractivity contribution is 5.33. The van der Waals surface area contributed by atoms with Crippen molar-refractivity contribution in [2.45, 2.75) is 45.3 Å². The quantitative estimate of drug-likeness (QED) is 0.597. The summed E-state index contributed by atoms with van der Waals surface area (Å²) < 4.78 is 5.75. The molecule has 0 unspecified atom stereocenters. The average molecular weight is 222 g/mol. The van der Waals surface area contributed by atoms with Crippen LogP contribution >= 0.6 is 0 Å². The Morgan fingerprint density at radius 3 is 2.88 bits per heavy atom. The lowest BCUT2D eigenvalue weighted by Crippen LogP contribution is -2.13. The number of nitrogens with one attached hydrogen (secondary N) is 1. The Labute approximate surface area is 95.4 Å². The van der Waals surface area contributed by atoms with Gasteiger partial charge in [-0.3, -0.25) is 0 Å². The van der Waals surface area contributed by atoms with Gasteiger partial charge in [-0.15, -0.1) is 0 Å². The number of hydrogen-bond acceptors (Lipinski definition) is 5. The highest BCUT2D eigenvalue weighted by Gasteiger charge is 2.15. The van der Waals surface area contributed by atoms with Crippen LogP contribution in [0.3, 0.4) is 0 Å². The first-order valence-electron chi connectivity index (χ1n) is 5.70. The number of anilines is 1. The third-order valence-corrected chi connectivity index (χ3v) is 2.80. The van der Waals surface area contributed by atoms with Gasteiger partial charge in [0, 0.05) is 11.8 Å². The standard InChI is InChI=1S/C11H18N4O/c1-8-6-10(15-12)14-11(13-8)7-16-9-4-2-3-5-9/h6,9H,2-5,7,12H2,1H3,(H,13,14,15). The molecule has 1 heterocycles. The second-order valence-corrected chi connectivity index (χ2v) is 4.17. The van der Waals surface area contributed by atoms with Crippen LogP contribution in [0.25, 0.3) is 0 Å². The summed E-state index contributed by atoms with van der Waals surface area (Å²) in [4.78, 5) is 8.55. The van der Waals surface area contributed by atoms with Crippen molar-refractivity contribution in [3.05, 3.63) is 17.6 Å². The molecule has 5 heteroatoms. The number of nitrogens with zero attached hydrogens (tertiary/aromatic N) is 2. The van der Waals surface area contributed by atoms with Crippen LogP contribution in [0.15, 0.2) is 6.07 Å². The molecule has 5 nitrogen and oxygen atoms in total. The maximum absolute atomic E-state index is 5.75. The van der Waals surface area contributed by atoms with Gasteiger partial charge in [-0.25, -0.2) is 15.8 Å². The fourth-order valence-corrected chi connectivity index (χ4v) is 2.02. The Hall–Kier alpha value is -1.20. The Bertz CT molecular complexity index is 350. The Morgan fingerprint density at radius 1 is 1.44 bits per heavy atom. The number of ether oxygens (including phenoxy) is 1. The zero-order valence-electron chi connectivity index (χ0n) is 9.57. The molecule has 0 aromatic carbocycles. The Kier molecular flexibility index (Phi) is 3.69. The van der Waals surface area contributed by atoms with Gasteiger partial charge >= 0.3 is 0 Å². The molecule has 0 saturated heterocycles. The van der Waals surface area contributed by atoms with Crippen molar-refractivity contribution in [3.8, 4) is 0 Å². The van der Waals surface area contributed by atoms with E-state index in [1.54, 1.807) is 6.07 Å². The van der Waals surface area contributed by atoms with E-state index in [-0.39, 0.29) is 0 Å². The zero-order chi connectivity index (χ0) is 11.4. The van der Waals surface area contributed by atoms with E-state index in [1.165, 1.54) is 12.8 Å². The first kappa shape index (κ1) is 11.3. The summed E-state index contributed by atoms with van der Waals surface area (Å²) in [6.07, 6.45) is 5.25. The van der Waals surface area contributed by atoms with Crippen LogP contribution < -0.4 is 11.3 Å². The highest BCUT2D eigenvalue weighted by Crippen LogP contribution is 2.21. The Balaban J connectivity index is 1.94. The number of hydrazine groups is 1. The lowest BCUT2D eigenvalue weighted by Gasteiger charge is -2.11. The van der Waals surface area contributed by atoms with Crippen LogP contribution in [0.4, 0.5) is 5.82 Å². The smallest absolute Gasteiger partial charge is 0.156 e. The lowest BCUT2D eigenvalue weighted by molar-refractivity contribution is 0.0417. The predicted octanol–water partition coefficient (Wildman–Crippen LogP) is 1.53. The van der Waals surface area contributed by atoms with E-state index in [0.717, 1.165) is 18.5 Å². The van der Waals surface area contributed by atoms with E-state index in [4.69, 9.17) is 10.6 Å². The second-order valence-electron chi connectivity index (χ2n) is 4.17. The summed E-state index contributed by atoms with van der Waals surface area (Å²) in [5, 5.41) is 0. The zero-order valence-corrected chi connectivity index (χ0v) is 9.57. The molecule has 0 spiro atoms. The van der Waals surface area contributed by atoms with Gasteiger partial charge in [-0.1, -0.05) is 12.8 Å². The van der Waals surface area contributed by atoms with Crippen molar-refractivity contribution in [3.63, 3.8) is 0 Å². The van der Waals surface area contributed by atoms with Crippen molar-refractivity contribution >= 4 is 5.82 Å². The molecule has 16 heavy (non-hydrogen) atoms. The van der Waals surface area contributed by atoms with Crippen LogP contribution in [0.1, 0.15) is 37.2 Å². The van der Waals surface area contributed by atoms with Gasteiger partial charge in [-0.2, -0.15) is 0 Å². The molecule has 88 valence electrons. The molecule has 0 radical (unpaired) electrons. The van der Waals surface area contributed by atoms with Gasteiger partial charge in [0.15, 0.2) is 5.82 Å². The molecule has 1 aliphatic rings. The summed E-state index contributed by atoms with van der Waals surface area (Å²) in [5.74, 6) is 6.66. The van der Waals surface area contributed by atoms with E-state index < -0.39 is 0 Å². The average Bonchev–Trinajstić information content (AvgIpc) is 2.78. The number of hydrogen-bond donors (Lipinski definition) is 2. The molecule has 0 atom stereocenters. The maximum atomic E-state index is 5.75. The summed E-state index contributed by atoms with van der Waals surface area (Å²) in [6, 6.07) is 1.80. The topological polar surface area (TPSA) is 73.1 Å². The first-order valence-corrected chi connectivity index (χ1v) is 5.70. The molecule has 2 rings (SSSR count). The minimum atomic E-state index is 0.387. The molecular formula is C11H18N4O. The normalized spacial score (nSPS) is 16.6. The maximum Gasteiger partial charge on any atom is 0.156 e. The fraction of sp³-hybridized carbons (Fsp3) is 0.636. The third kappa shape index (κ3) is 2.90. The van der Waals surface area contributed by atoms with E-state index in [0.29, 0.717) is 24.4 Å². The number of aromatic nitrogens is 2. The summed E-state index contributed by atoms with van der Waals surface area (Å²) in [5.41, 5.74) is 3.43. The number of aryl methyl sites for hydroxylation is 1. The number of nitrogens with two attached hydrogens (primary N) is 1. The van der Waals surface area contributed by atoms with Crippen LogP contribution in [0.2, 0.25) is 0 Å². The SMILES string of the molecule is Cc1cc(NN)nc(COC2CCCC2)n1. The van der Waals surface area contributed by atoms with Crippen LogP contribution in [-0.2, 0) is 11.3 Å². The minimum absolute atomic E-state index is 0.387. The fourth-order valence-electron chi connectivity index (χ4n) is 2.02. The summed E-state index contributed by atoms with van der Waals surface area (Å²) in [7, 11) is 0. The largest absolute Gasteiger partial charge is 0.370 e.